The van der Waals surface area contributed by atoms with E-state index in [0.29, 0.717) is 27.8 Å². The molecule has 8 heteroatoms. The van der Waals surface area contributed by atoms with Gasteiger partial charge in [-0.05, 0) is 38.1 Å². The minimum Gasteiger partial charge on any atom is -0.315 e. The number of non-ortho nitro benzene ring substituents is 1. The lowest BCUT2D eigenvalue weighted by Gasteiger charge is -2.11. The fraction of sp³-hybridized carbons (Fsp3) is 0.143. The summed E-state index contributed by atoms with van der Waals surface area (Å²) in [6.07, 6.45) is 1.56. The van der Waals surface area contributed by atoms with Crippen LogP contribution in [0.2, 0.25) is 0 Å². The van der Waals surface area contributed by atoms with Gasteiger partial charge in [0.05, 0.1) is 22.3 Å². The smallest absolute Gasteiger partial charge is 0.271 e. The molecule has 0 unspecified atom stereocenters. The highest BCUT2D eigenvalue weighted by Crippen LogP contribution is 2.25. The van der Waals surface area contributed by atoms with Crippen LogP contribution in [-0.4, -0.2) is 25.1 Å². The number of nitrogens with zero attached hydrogens (tertiary/aromatic N) is 4. The van der Waals surface area contributed by atoms with Crippen molar-refractivity contribution in [2.75, 3.05) is 0 Å². The Kier molecular flexibility index (Phi) is 4.46. The molecular formula is C21H17FN4O3. The lowest BCUT2D eigenvalue weighted by Crippen LogP contribution is -2.13. The number of para-hydroxylation sites is 1. The Morgan fingerprint density at radius 1 is 1.17 bits per heavy atom. The number of hydrogen-bond donors (Lipinski definition) is 0. The number of nitro groups is 1. The molecule has 0 aliphatic rings. The minimum atomic E-state index is -0.485. The largest absolute Gasteiger partial charge is 0.315 e. The number of aryl methyl sites for hydroxylation is 1. The molecule has 4 aromatic rings. The molecule has 0 radical (unpaired) electrons. The van der Waals surface area contributed by atoms with Crippen molar-refractivity contribution in [3.05, 3.63) is 87.6 Å². The Bertz CT molecular complexity index is 1270. The number of benzene rings is 2. The molecule has 0 saturated carbocycles. The van der Waals surface area contributed by atoms with Crippen LogP contribution >= 0.6 is 0 Å². The fourth-order valence-electron chi connectivity index (χ4n) is 3.57. The number of nitro benzene ring substituents is 1. The molecule has 2 aromatic heterocycles. The van der Waals surface area contributed by atoms with Crippen molar-refractivity contribution in [1.82, 2.24) is 14.3 Å². The van der Waals surface area contributed by atoms with Gasteiger partial charge in [0.1, 0.15) is 12.4 Å². The monoisotopic (exact) mass is 392 g/mol. The number of halogens is 1. The van der Waals surface area contributed by atoms with Gasteiger partial charge < -0.3 is 4.57 Å². The molecule has 0 N–H and O–H groups in total. The van der Waals surface area contributed by atoms with E-state index < -0.39 is 4.92 Å². The molecule has 0 fully saturated rings. The number of fused-ring (bicyclic) bond motifs is 1. The average molecular weight is 392 g/mol. The van der Waals surface area contributed by atoms with Crippen LogP contribution in [0.1, 0.15) is 21.7 Å². The van der Waals surface area contributed by atoms with Crippen molar-refractivity contribution < 1.29 is 14.1 Å². The van der Waals surface area contributed by atoms with Gasteiger partial charge >= 0.3 is 0 Å². The van der Waals surface area contributed by atoms with E-state index >= 15 is 0 Å². The summed E-state index contributed by atoms with van der Waals surface area (Å²) in [4.78, 5) is 23.5. The maximum atomic E-state index is 14.3. The standard InChI is InChI=1S/C21H17FN4O3/c1-13-9-17(14(2)25(13)19-6-4-3-5-18(19)22)21(27)12-24-20-10-16(26(28)29)8-7-15(20)11-23-24/h3-11H,12H2,1-2H3. The van der Waals surface area contributed by atoms with E-state index in [4.69, 9.17) is 0 Å². The van der Waals surface area contributed by atoms with E-state index in [2.05, 4.69) is 5.10 Å². The second kappa shape index (κ2) is 6.97. The topological polar surface area (TPSA) is 83.0 Å². The summed E-state index contributed by atoms with van der Waals surface area (Å²) in [6, 6.07) is 12.5. The highest BCUT2D eigenvalue weighted by molar-refractivity contribution is 5.98. The minimum absolute atomic E-state index is 0.0653. The van der Waals surface area contributed by atoms with E-state index in [0.717, 1.165) is 5.69 Å². The van der Waals surface area contributed by atoms with Crippen molar-refractivity contribution in [1.29, 1.82) is 0 Å². The van der Waals surface area contributed by atoms with Crippen LogP contribution in [0.15, 0.2) is 54.7 Å². The van der Waals surface area contributed by atoms with E-state index in [-0.39, 0.29) is 23.8 Å². The van der Waals surface area contributed by atoms with Gasteiger partial charge in [-0.2, -0.15) is 5.10 Å². The summed E-state index contributed by atoms with van der Waals surface area (Å²) in [6.45, 7) is 3.49. The first kappa shape index (κ1) is 18.5. The van der Waals surface area contributed by atoms with E-state index in [1.807, 2.05) is 6.92 Å². The van der Waals surface area contributed by atoms with Crippen LogP contribution < -0.4 is 0 Å². The second-order valence-electron chi connectivity index (χ2n) is 6.80. The molecule has 0 aliphatic heterocycles. The van der Waals surface area contributed by atoms with Gasteiger partial charge in [-0.1, -0.05) is 12.1 Å². The zero-order valence-electron chi connectivity index (χ0n) is 15.8. The lowest BCUT2D eigenvalue weighted by molar-refractivity contribution is -0.384. The van der Waals surface area contributed by atoms with Gasteiger partial charge in [-0.3, -0.25) is 19.6 Å². The third-order valence-corrected chi connectivity index (χ3v) is 4.96. The fourth-order valence-corrected chi connectivity index (χ4v) is 3.57. The molecule has 0 spiro atoms. The molecule has 29 heavy (non-hydrogen) atoms. The Hall–Kier alpha value is -3.81. The lowest BCUT2D eigenvalue weighted by atomic mass is 10.1. The molecule has 0 saturated heterocycles. The Balaban J connectivity index is 1.71. The van der Waals surface area contributed by atoms with Gasteiger partial charge in [0.15, 0.2) is 5.78 Å². The van der Waals surface area contributed by atoms with Gasteiger partial charge in [0.25, 0.3) is 5.69 Å². The maximum Gasteiger partial charge on any atom is 0.271 e. The number of carbonyl (C=O) groups excluding carboxylic acids is 1. The van der Waals surface area contributed by atoms with Crippen molar-refractivity contribution in [3.63, 3.8) is 0 Å². The average Bonchev–Trinajstić information content (AvgIpc) is 3.22. The van der Waals surface area contributed by atoms with Crippen LogP contribution in [0, 0.1) is 29.8 Å². The molecule has 2 aromatic carbocycles. The predicted molar refractivity (Wildman–Crippen MR) is 106 cm³/mol. The predicted octanol–water partition coefficient (Wildman–Crippen LogP) is 4.37. The van der Waals surface area contributed by atoms with Gasteiger partial charge in [-0.25, -0.2) is 4.39 Å². The number of ketones is 1. The molecule has 2 heterocycles. The highest BCUT2D eigenvalue weighted by Gasteiger charge is 2.20. The summed E-state index contributed by atoms with van der Waals surface area (Å²) < 4.78 is 17.4. The Labute approximate surface area is 165 Å². The van der Waals surface area contributed by atoms with Crippen molar-refractivity contribution in [2.24, 2.45) is 0 Å². The van der Waals surface area contributed by atoms with Crippen molar-refractivity contribution in [3.8, 4) is 5.69 Å². The molecule has 0 amide bonds. The second-order valence-corrected chi connectivity index (χ2v) is 6.80. The van der Waals surface area contributed by atoms with Gasteiger partial charge in [-0.15, -0.1) is 0 Å². The zero-order valence-corrected chi connectivity index (χ0v) is 15.8. The van der Waals surface area contributed by atoms with Crippen molar-refractivity contribution >= 4 is 22.4 Å². The molecule has 0 bridgehead atoms. The third kappa shape index (κ3) is 3.18. The van der Waals surface area contributed by atoms with Gasteiger partial charge in [0, 0.05) is 34.5 Å². The molecular weight excluding hydrogens is 375 g/mol. The number of carbonyl (C=O) groups is 1. The van der Waals surface area contributed by atoms with Crippen LogP contribution in [0.5, 0.6) is 0 Å². The maximum absolute atomic E-state index is 14.3. The van der Waals surface area contributed by atoms with E-state index in [1.54, 1.807) is 48.0 Å². The van der Waals surface area contributed by atoms with Gasteiger partial charge in [0.2, 0.25) is 0 Å². The van der Waals surface area contributed by atoms with Crippen LogP contribution in [0.3, 0.4) is 0 Å². The van der Waals surface area contributed by atoms with Crippen LogP contribution in [-0.2, 0) is 6.54 Å². The Morgan fingerprint density at radius 2 is 1.93 bits per heavy atom. The third-order valence-electron chi connectivity index (χ3n) is 4.96. The molecule has 146 valence electrons. The highest BCUT2D eigenvalue weighted by atomic mass is 19.1. The number of rotatable bonds is 5. The zero-order chi connectivity index (χ0) is 20.7. The molecule has 0 atom stereocenters. The molecule has 0 aliphatic carbocycles. The first-order valence-corrected chi connectivity index (χ1v) is 8.94. The first-order valence-electron chi connectivity index (χ1n) is 8.94. The molecule has 7 nitrogen and oxygen atoms in total. The van der Waals surface area contributed by atoms with Crippen molar-refractivity contribution in [2.45, 2.75) is 20.4 Å². The summed E-state index contributed by atoms with van der Waals surface area (Å²) in [7, 11) is 0. The SMILES string of the molecule is Cc1cc(C(=O)Cn2ncc3ccc([N+](=O)[O-])cc32)c(C)n1-c1ccccc1F. The van der Waals surface area contributed by atoms with E-state index in [9.17, 15) is 19.3 Å². The van der Waals surface area contributed by atoms with E-state index in [1.165, 1.54) is 22.9 Å². The quantitative estimate of drug-likeness (QED) is 0.287. The summed E-state index contributed by atoms with van der Waals surface area (Å²) >= 11 is 0. The molecule has 4 rings (SSSR count). The normalized spacial score (nSPS) is 11.1. The number of hydrogen-bond acceptors (Lipinski definition) is 4. The first-order chi connectivity index (χ1) is 13.9. The number of aromatic nitrogens is 3. The van der Waals surface area contributed by atoms with Crippen LogP contribution in [0.4, 0.5) is 10.1 Å². The summed E-state index contributed by atoms with van der Waals surface area (Å²) in [5, 5.41) is 16.0. The summed E-state index contributed by atoms with van der Waals surface area (Å²) in [5.74, 6) is -0.587. The van der Waals surface area contributed by atoms with Crippen LogP contribution in [0.25, 0.3) is 16.6 Å². The number of Topliss-reactive ketones (excluding diaryl/α,β-unsaturated/α-hetero) is 1. The summed E-state index contributed by atoms with van der Waals surface area (Å²) in [5.41, 5.74) is 2.64. The Morgan fingerprint density at radius 3 is 2.66 bits per heavy atom.